The topological polar surface area (TPSA) is 50.5 Å². The number of aromatic nitrogens is 2. The van der Waals surface area contributed by atoms with E-state index in [0.29, 0.717) is 19.0 Å². The molecular weight excluding hydrogens is 374 g/mol. The van der Waals surface area contributed by atoms with E-state index in [2.05, 4.69) is 25.7 Å². The van der Waals surface area contributed by atoms with Crippen LogP contribution in [-0.2, 0) is 13.0 Å². The van der Waals surface area contributed by atoms with E-state index in [1.54, 1.807) is 0 Å². The number of aliphatic hydroxyl groups excluding tert-OH is 1. The third-order valence-electron chi connectivity index (χ3n) is 4.84. The van der Waals surface area contributed by atoms with E-state index in [1.165, 1.54) is 0 Å². The zero-order valence-corrected chi connectivity index (χ0v) is 18.5. The number of aliphatic hydroxyl groups is 1. The van der Waals surface area contributed by atoms with Crippen molar-refractivity contribution in [2.75, 3.05) is 13.1 Å². The molecule has 0 spiro atoms. The van der Waals surface area contributed by atoms with Gasteiger partial charge in [0.1, 0.15) is 5.75 Å². The van der Waals surface area contributed by atoms with Gasteiger partial charge in [0.05, 0.1) is 23.0 Å². The van der Waals surface area contributed by atoms with Crippen molar-refractivity contribution >= 4 is 0 Å². The van der Waals surface area contributed by atoms with Gasteiger partial charge < -0.3 is 9.84 Å². The lowest BCUT2D eigenvalue weighted by Gasteiger charge is -2.26. The van der Waals surface area contributed by atoms with E-state index in [4.69, 9.17) is 9.84 Å². The second-order valence-electron chi connectivity index (χ2n) is 8.18. The molecule has 3 rings (SSSR count). The first-order valence-corrected chi connectivity index (χ1v) is 10.8. The molecule has 0 saturated heterocycles. The fourth-order valence-corrected chi connectivity index (χ4v) is 3.69. The number of para-hydroxylation sites is 2. The SMILES string of the molecule is CCc1nn(-c2ccccc2)c(Oc2ccccc2)c1CN(CC(C)C)CC(C)O. The van der Waals surface area contributed by atoms with Crippen LogP contribution in [0, 0.1) is 5.92 Å². The largest absolute Gasteiger partial charge is 0.439 e. The van der Waals surface area contributed by atoms with Crippen molar-refractivity contribution in [3.63, 3.8) is 0 Å². The van der Waals surface area contributed by atoms with Crippen LogP contribution in [0.3, 0.4) is 0 Å². The quantitative estimate of drug-likeness (QED) is 0.510. The molecular formula is C25H33N3O2. The first-order chi connectivity index (χ1) is 14.5. The Labute approximate surface area is 179 Å². The van der Waals surface area contributed by atoms with Gasteiger partial charge in [0.15, 0.2) is 0 Å². The normalized spacial score (nSPS) is 12.5. The number of benzene rings is 2. The lowest BCUT2D eigenvalue weighted by Crippen LogP contribution is -2.33. The fraction of sp³-hybridized carbons (Fsp3) is 0.400. The Morgan fingerprint density at radius 2 is 1.60 bits per heavy atom. The number of hydrogen-bond donors (Lipinski definition) is 1. The highest BCUT2D eigenvalue weighted by Gasteiger charge is 2.23. The molecule has 0 bridgehead atoms. The smallest absolute Gasteiger partial charge is 0.227 e. The molecule has 0 radical (unpaired) electrons. The highest BCUT2D eigenvalue weighted by molar-refractivity contribution is 5.43. The van der Waals surface area contributed by atoms with Gasteiger partial charge >= 0.3 is 0 Å². The van der Waals surface area contributed by atoms with Crippen LogP contribution in [0.4, 0.5) is 0 Å². The van der Waals surface area contributed by atoms with Gasteiger partial charge in [0.2, 0.25) is 5.88 Å². The summed E-state index contributed by atoms with van der Waals surface area (Å²) in [6.07, 6.45) is 0.418. The summed E-state index contributed by atoms with van der Waals surface area (Å²) in [5.41, 5.74) is 3.06. The standard InChI is InChI=1S/C25H33N3O2/c1-5-24-23(18-27(16-19(2)3)17-20(4)29)25(30-22-14-10-7-11-15-22)28(26-24)21-12-8-6-9-13-21/h6-15,19-20,29H,5,16-18H2,1-4H3. The van der Waals surface area contributed by atoms with Crippen molar-refractivity contribution in [2.45, 2.75) is 46.8 Å². The second kappa shape index (κ2) is 10.4. The Hall–Kier alpha value is -2.63. The molecule has 5 heteroatoms. The molecule has 160 valence electrons. The van der Waals surface area contributed by atoms with Gasteiger partial charge in [-0.05, 0) is 43.5 Å². The molecule has 0 aliphatic carbocycles. The number of ether oxygens (including phenoxy) is 1. The Bertz CT molecular complexity index is 895. The molecule has 2 aromatic carbocycles. The Balaban J connectivity index is 2.06. The Morgan fingerprint density at radius 1 is 0.967 bits per heavy atom. The molecule has 1 unspecified atom stereocenters. The third kappa shape index (κ3) is 5.71. The van der Waals surface area contributed by atoms with Gasteiger partial charge in [-0.3, -0.25) is 4.90 Å². The molecule has 5 nitrogen and oxygen atoms in total. The monoisotopic (exact) mass is 407 g/mol. The number of rotatable bonds is 10. The maximum absolute atomic E-state index is 10.0. The minimum atomic E-state index is -0.392. The van der Waals surface area contributed by atoms with Gasteiger partial charge in [0, 0.05) is 19.6 Å². The van der Waals surface area contributed by atoms with Gasteiger partial charge in [-0.25, -0.2) is 4.68 Å². The van der Waals surface area contributed by atoms with Crippen molar-refractivity contribution in [1.82, 2.24) is 14.7 Å². The summed E-state index contributed by atoms with van der Waals surface area (Å²) >= 11 is 0. The number of aryl methyl sites for hydroxylation is 1. The van der Waals surface area contributed by atoms with Crippen LogP contribution in [0.1, 0.15) is 39.0 Å². The lowest BCUT2D eigenvalue weighted by atomic mass is 10.1. The van der Waals surface area contributed by atoms with E-state index < -0.39 is 6.10 Å². The number of nitrogens with zero attached hydrogens (tertiary/aromatic N) is 3. The third-order valence-corrected chi connectivity index (χ3v) is 4.84. The maximum atomic E-state index is 10.0. The predicted molar refractivity (Wildman–Crippen MR) is 121 cm³/mol. The highest BCUT2D eigenvalue weighted by Crippen LogP contribution is 2.32. The Morgan fingerprint density at radius 3 is 2.17 bits per heavy atom. The van der Waals surface area contributed by atoms with Gasteiger partial charge in [0.25, 0.3) is 0 Å². The van der Waals surface area contributed by atoms with Crippen molar-refractivity contribution in [2.24, 2.45) is 5.92 Å². The lowest BCUT2D eigenvalue weighted by molar-refractivity contribution is 0.114. The molecule has 30 heavy (non-hydrogen) atoms. The average Bonchev–Trinajstić information content (AvgIpc) is 3.05. The number of hydrogen-bond acceptors (Lipinski definition) is 4. The van der Waals surface area contributed by atoms with Crippen LogP contribution in [0.2, 0.25) is 0 Å². The van der Waals surface area contributed by atoms with Crippen LogP contribution in [0.25, 0.3) is 5.69 Å². The average molecular weight is 408 g/mol. The van der Waals surface area contributed by atoms with Crippen LogP contribution in [-0.4, -0.2) is 39.0 Å². The van der Waals surface area contributed by atoms with E-state index in [9.17, 15) is 5.11 Å². The van der Waals surface area contributed by atoms with Crippen LogP contribution >= 0.6 is 0 Å². The van der Waals surface area contributed by atoms with E-state index >= 15 is 0 Å². The summed E-state index contributed by atoms with van der Waals surface area (Å²) in [6, 6.07) is 19.9. The van der Waals surface area contributed by atoms with Crippen molar-refractivity contribution < 1.29 is 9.84 Å². The van der Waals surface area contributed by atoms with Gasteiger partial charge in [-0.1, -0.05) is 57.2 Å². The van der Waals surface area contributed by atoms with Crippen molar-refractivity contribution in [3.05, 3.63) is 71.9 Å². The first kappa shape index (κ1) is 22.1. The Kier molecular flexibility index (Phi) is 7.66. The molecule has 3 aromatic rings. The minimum absolute atomic E-state index is 0.392. The van der Waals surface area contributed by atoms with E-state index in [1.807, 2.05) is 72.3 Å². The maximum Gasteiger partial charge on any atom is 0.227 e. The van der Waals surface area contributed by atoms with Crippen molar-refractivity contribution in [1.29, 1.82) is 0 Å². The predicted octanol–water partition coefficient (Wildman–Crippen LogP) is 5.07. The van der Waals surface area contributed by atoms with Crippen LogP contribution < -0.4 is 4.74 Å². The molecule has 1 N–H and O–H groups in total. The molecule has 0 aliphatic rings. The summed E-state index contributed by atoms with van der Waals surface area (Å²) in [5.74, 6) is 2.02. The molecule has 0 saturated carbocycles. The minimum Gasteiger partial charge on any atom is -0.439 e. The summed E-state index contributed by atoms with van der Waals surface area (Å²) in [5, 5.41) is 14.9. The molecule has 1 atom stereocenters. The van der Waals surface area contributed by atoms with Gasteiger partial charge in [-0.2, -0.15) is 5.10 Å². The highest BCUT2D eigenvalue weighted by atomic mass is 16.5. The molecule has 0 amide bonds. The fourth-order valence-electron chi connectivity index (χ4n) is 3.69. The molecule has 0 aliphatic heterocycles. The summed E-state index contributed by atoms with van der Waals surface area (Å²) in [7, 11) is 0. The van der Waals surface area contributed by atoms with E-state index in [-0.39, 0.29) is 0 Å². The molecule has 1 aromatic heterocycles. The second-order valence-corrected chi connectivity index (χ2v) is 8.18. The first-order valence-electron chi connectivity index (χ1n) is 10.8. The van der Waals surface area contributed by atoms with E-state index in [0.717, 1.165) is 41.5 Å². The summed E-state index contributed by atoms with van der Waals surface area (Å²) in [4.78, 5) is 2.29. The van der Waals surface area contributed by atoms with Gasteiger partial charge in [-0.15, -0.1) is 0 Å². The molecule has 0 fully saturated rings. The van der Waals surface area contributed by atoms with Crippen LogP contribution in [0.15, 0.2) is 60.7 Å². The summed E-state index contributed by atoms with van der Waals surface area (Å²) in [6.45, 7) is 10.5. The van der Waals surface area contributed by atoms with Crippen LogP contribution in [0.5, 0.6) is 11.6 Å². The zero-order valence-electron chi connectivity index (χ0n) is 18.5. The van der Waals surface area contributed by atoms with Crippen molar-refractivity contribution in [3.8, 4) is 17.3 Å². The summed E-state index contributed by atoms with van der Waals surface area (Å²) < 4.78 is 8.30. The molecule has 1 heterocycles. The zero-order chi connectivity index (χ0) is 21.5.